The van der Waals surface area contributed by atoms with Crippen LogP contribution < -0.4 is 0 Å². The number of hydrogen-bond donors (Lipinski definition) is 1. The van der Waals surface area contributed by atoms with Crippen LogP contribution in [0.2, 0.25) is 0 Å². The molecule has 0 bridgehead atoms. The first-order valence-electron chi connectivity index (χ1n) is 5.19. The fraction of sp³-hybridized carbons (Fsp3) is 0.0909. The Hall–Kier alpha value is -2.02. The fourth-order valence-electron chi connectivity index (χ4n) is 1.61. The van der Waals surface area contributed by atoms with Gasteiger partial charge in [0.25, 0.3) is 5.89 Å². The van der Waals surface area contributed by atoms with Gasteiger partial charge in [-0.15, -0.1) is 0 Å². The van der Waals surface area contributed by atoms with Gasteiger partial charge in [-0.2, -0.15) is 10.1 Å². The zero-order valence-electron chi connectivity index (χ0n) is 9.38. The second kappa shape index (κ2) is 4.34. The minimum atomic E-state index is 0.389. The number of H-pyrrole nitrogens is 1. The van der Waals surface area contributed by atoms with Crippen molar-refractivity contribution < 1.29 is 4.52 Å². The van der Waals surface area contributed by atoms with Crippen molar-refractivity contribution in [3.63, 3.8) is 0 Å². The van der Waals surface area contributed by atoms with Gasteiger partial charge >= 0.3 is 0 Å². The van der Waals surface area contributed by atoms with E-state index in [1.165, 1.54) is 6.33 Å². The van der Waals surface area contributed by atoms with Crippen molar-refractivity contribution in [3.05, 3.63) is 34.6 Å². The lowest BCUT2D eigenvalue weighted by Gasteiger charge is -1.98. The van der Waals surface area contributed by atoms with Crippen molar-refractivity contribution in [2.75, 3.05) is 0 Å². The first kappa shape index (κ1) is 11.1. The number of benzene rings is 1. The molecular weight excluding hydrogens is 298 g/mol. The van der Waals surface area contributed by atoms with E-state index in [1.807, 2.05) is 25.1 Å². The predicted octanol–water partition coefficient (Wildman–Crippen LogP) is 2.59. The maximum atomic E-state index is 5.21. The molecule has 7 heteroatoms. The van der Waals surface area contributed by atoms with E-state index in [1.54, 1.807) is 0 Å². The molecule has 0 aliphatic heterocycles. The largest absolute Gasteiger partial charge is 0.333 e. The first-order chi connectivity index (χ1) is 8.72. The lowest BCUT2D eigenvalue weighted by Crippen LogP contribution is -1.84. The Bertz CT molecular complexity index is 656. The fourth-order valence-corrected chi connectivity index (χ4v) is 2.22. The molecule has 2 heterocycles. The van der Waals surface area contributed by atoms with E-state index in [-0.39, 0.29) is 0 Å². The molecule has 0 aliphatic rings. The Labute approximate surface area is 111 Å². The van der Waals surface area contributed by atoms with Gasteiger partial charge in [-0.05, 0) is 30.7 Å². The minimum Gasteiger partial charge on any atom is -0.333 e. The lowest BCUT2D eigenvalue weighted by atomic mass is 10.1. The molecule has 18 heavy (non-hydrogen) atoms. The second-order valence-corrected chi connectivity index (χ2v) is 4.69. The SMILES string of the molecule is Cc1cc(Br)cc(-c2nc(-c3ncn[nH]3)no2)c1. The summed E-state index contributed by atoms with van der Waals surface area (Å²) in [7, 11) is 0. The van der Waals surface area contributed by atoms with Gasteiger partial charge in [0.2, 0.25) is 5.82 Å². The van der Waals surface area contributed by atoms with Crippen molar-refractivity contribution in [3.8, 4) is 23.1 Å². The van der Waals surface area contributed by atoms with Gasteiger partial charge in [0, 0.05) is 10.0 Å². The van der Waals surface area contributed by atoms with E-state index in [9.17, 15) is 0 Å². The molecule has 0 unspecified atom stereocenters. The highest BCUT2D eigenvalue weighted by molar-refractivity contribution is 9.10. The summed E-state index contributed by atoms with van der Waals surface area (Å²) in [5.74, 6) is 1.32. The maximum absolute atomic E-state index is 5.21. The molecule has 3 rings (SSSR count). The van der Waals surface area contributed by atoms with Crippen LogP contribution in [0.3, 0.4) is 0 Å². The highest BCUT2D eigenvalue weighted by atomic mass is 79.9. The summed E-state index contributed by atoms with van der Waals surface area (Å²) in [6.07, 6.45) is 1.40. The molecule has 1 N–H and O–H groups in total. The molecule has 90 valence electrons. The molecule has 0 fully saturated rings. The van der Waals surface area contributed by atoms with E-state index >= 15 is 0 Å². The van der Waals surface area contributed by atoms with Crippen molar-refractivity contribution in [1.82, 2.24) is 25.3 Å². The van der Waals surface area contributed by atoms with Crippen LogP contribution in [-0.4, -0.2) is 25.3 Å². The normalized spacial score (nSPS) is 10.8. The molecule has 0 radical (unpaired) electrons. The average Bonchev–Trinajstić information content (AvgIpc) is 2.99. The number of aromatic amines is 1. The summed E-state index contributed by atoms with van der Waals surface area (Å²) in [4.78, 5) is 8.24. The standard InChI is InChI=1S/C11H8BrN5O/c1-6-2-7(4-8(12)3-6)11-15-10(17-18-11)9-13-5-14-16-9/h2-5H,1H3,(H,13,14,16). The number of rotatable bonds is 2. The highest BCUT2D eigenvalue weighted by Crippen LogP contribution is 2.24. The number of aromatic nitrogens is 5. The third-order valence-electron chi connectivity index (χ3n) is 2.34. The summed E-state index contributed by atoms with van der Waals surface area (Å²) in [6.45, 7) is 2.00. The van der Waals surface area contributed by atoms with Crippen LogP contribution in [0, 0.1) is 6.92 Å². The number of aryl methyl sites for hydroxylation is 1. The number of nitrogens with zero attached hydrogens (tertiary/aromatic N) is 4. The summed E-state index contributed by atoms with van der Waals surface area (Å²) >= 11 is 3.44. The zero-order valence-corrected chi connectivity index (χ0v) is 11.0. The van der Waals surface area contributed by atoms with Gasteiger partial charge in [-0.3, -0.25) is 5.10 Å². The quantitative estimate of drug-likeness (QED) is 0.787. The summed E-state index contributed by atoms with van der Waals surface area (Å²) < 4.78 is 6.18. The van der Waals surface area contributed by atoms with E-state index in [0.29, 0.717) is 17.5 Å². The molecule has 0 atom stereocenters. The van der Waals surface area contributed by atoms with Crippen LogP contribution in [0.15, 0.2) is 33.5 Å². The Morgan fingerprint density at radius 3 is 2.89 bits per heavy atom. The first-order valence-corrected chi connectivity index (χ1v) is 5.99. The van der Waals surface area contributed by atoms with Crippen LogP contribution in [0.25, 0.3) is 23.1 Å². The number of nitrogens with one attached hydrogen (secondary N) is 1. The third-order valence-corrected chi connectivity index (χ3v) is 2.80. The Morgan fingerprint density at radius 1 is 1.28 bits per heavy atom. The van der Waals surface area contributed by atoms with Gasteiger partial charge in [0.15, 0.2) is 5.82 Å². The topological polar surface area (TPSA) is 80.5 Å². The van der Waals surface area contributed by atoms with Crippen LogP contribution >= 0.6 is 15.9 Å². The van der Waals surface area contributed by atoms with Crippen molar-refractivity contribution >= 4 is 15.9 Å². The highest BCUT2D eigenvalue weighted by Gasteiger charge is 2.13. The monoisotopic (exact) mass is 305 g/mol. The minimum absolute atomic E-state index is 0.389. The van der Waals surface area contributed by atoms with E-state index in [4.69, 9.17) is 4.52 Å². The zero-order chi connectivity index (χ0) is 12.5. The molecular formula is C11H8BrN5O. The van der Waals surface area contributed by atoms with Crippen LogP contribution in [0.1, 0.15) is 5.56 Å². The van der Waals surface area contributed by atoms with Crippen molar-refractivity contribution in [2.45, 2.75) is 6.92 Å². The summed E-state index contributed by atoms with van der Waals surface area (Å²) in [5, 5.41) is 10.3. The van der Waals surface area contributed by atoms with Gasteiger partial charge in [0.05, 0.1) is 0 Å². The van der Waals surface area contributed by atoms with Crippen LogP contribution in [0.4, 0.5) is 0 Å². The van der Waals surface area contributed by atoms with Crippen molar-refractivity contribution in [2.24, 2.45) is 0 Å². The number of halogens is 1. The second-order valence-electron chi connectivity index (χ2n) is 3.77. The van der Waals surface area contributed by atoms with Crippen molar-refractivity contribution in [1.29, 1.82) is 0 Å². The van der Waals surface area contributed by atoms with Gasteiger partial charge in [-0.25, -0.2) is 4.98 Å². The van der Waals surface area contributed by atoms with Gasteiger partial charge in [0.1, 0.15) is 6.33 Å². The van der Waals surface area contributed by atoms with Gasteiger partial charge < -0.3 is 4.52 Å². The molecule has 0 aliphatic carbocycles. The Kier molecular flexibility index (Phi) is 2.67. The van der Waals surface area contributed by atoms with Crippen LogP contribution in [0.5, 0.6) is 0 Å². The summed E-state index contributed by atoms with van der Waals surface area (Å²) in [6, 6.07) is 5.91. The predicted molar refractivity (Wildman–Crippen MR) is 67.5 cm³/mol. The molecule has 2 aromatic heterocycles. The Morgan fingerprint density at radius 2 is 2.17 bits per heavy atom. The molecule has 6 nitrogen and oxygen atoms in total. The maximum Gasteiger partial charge on any atom is 0.258 e. The smallest absolute Gasteiger partial charge is 0.258 e. The molecule has 0 saturated heterocycles. The molecule has 0 amide bonds. The van der Waals surface area contributed by atoms with E-state index in [0.717, 1.165) is 15.6 Å². The van der Waals surface area contributed by atoms with Gasteiger partial charge in [-0.1, -0.05) is 21.1 Å². The molecule has 3 aromatic rings. The van der Waals surface area contributed by atoms with E-state index < -0.39 is 0 Å². The van der Waals surface area contributed by atoms with E-state index in [2.05, 4.69) is 41.3 Å². The molecule has 1 aromatic carbocycles. The Balaban J connectivity index is 2.03. The third kappa shape index (κ3) is 2.04. The average molecular weight is 306 g/mol. The summed E-state index contributed by atoms with van der Waals surface area (Å²) in [5.41, 5.74) is 1.97. The van der Waals surface area contributed by atoms with Crippen LogP contribution in [-0.2, 0) is 0 Å². The lowest BCUT2D eigenvalue weighted by molar-refractivity contribution is 0.432. The molecule has 0 saturated carbocycles. The molecule has 0 spiro atoms. The number of hydrogen-bond acceptors (Lipinski definition) is 5.